The smallest absolute Gasteiger partial charge is 0.326 e. The standard InChI is InChI=1S/C12H22N2O3/c1-3-5-9(10(15)16)14-11(17)12(2)6-4-7-13-8-12/h9,13H,3-8H2,1-2H3,(H,14,17)(H,15,16). The fourth-order valence-electron chi connectivity index (χ4n) is 2.13. The second kappa shape index (κ2) is 6.00. The molecular formula is C12H22N2O3. The molecule has 5 nitrogen and oxygen atoms in total. The average molecular weight is 242 g/mol. The van der Waals surface area contributed by atoms with Crippen molar-refractivity contribution in [2.24, 2.45) is 5.41 Å². The van der Waals surface area contributed by atoms with Gasteiger partial charge in [0.15, 0.2) is 0 Å². The van der Waals surface area contributed by atoms with Crippen molar-refractivity contribution >= 4 is 11.9 Å². The third-order valence-electron chi connectivity index (χ3n) is 3.33. The van der Waals surface area contributed by atoms with Gasteiger partial charge in [0, 0.05) is 6.54 Å². The van der Waals surface area contributed by atoms with Gasteiger partial charge in [0.1, 0.15) is 6.04 Å². The van der Waals surface area contributed by atoms with Crippen LogP contribution in [-0.4, -0.2) is 36.1 Å². The predicted octanol–water partition coefficient (Wildman–Crippen LogP) is 0.746. The molecule has 0 aromatic heterocycles. The van der Waals surface area contributed by atoms with E-state index in [2.05, 4.69) is 10.6 Å². The molecule has 1 saturated heterocycles. The molecule has 0 bridgehead atoms. The average Bonchev–Trinajstić information content (AvgIpc) is 2.29. The number of amides is 1. The molecule has 1 rings (SSSR count). The molecule has 2 unspecified atom stereocenters. The van der Waals surface area contributed by atoms with Gasteiger partial charge in [-0.3, -0.25) is 4.79 Å². The van der Waals surface area contributed by atoms with Crippen LogP contribution in [0.2, 0.25) is 0 Å². The molecule has 17 heavy (non-hydrogen) atoms. The number of carbonyl (C=O) groups excluding carboxylic acids is 1. The predicted molar refractivity (Wildman–Crippen MR) is 64.7 cm³/mol. The lowest BCUT2D eigenvalue weighted by atomic mass is 9.81. The van der Waals surface area contributed by atoms with Crippen LogP contribution >= 0.6 is 0 Å². The van der Waals surface area contributed by atoms with Gasteiger partial charge in [-0.05, 0) is 32.7 Å². The van der Waals surface area contributed by atoms with Crippen LogP contribution in [0.3, 0.4) is 0 Å². The summed E-state index contributed by atoms with van der Waals surface area (Å²) in [5, 5.41) is 14.8. The summed E-state index contributed by atoms with van der Waals surface area (Å²) in [6.07, 6.45) is 2.98. The van der Waals surface area contributed by atoms with E-state index < -0.39 is 17.4 Å². The third kappa shape index (κ3) is 3.70. The highest BCUT2D eigenvalue weighted by molar-refractivity contribution is 5.87. The lowest BCUT2D eigenvalue weighted by Gasteiger charge is -2.33. The van der Waals surface area contributed by atoms with Crippen LogP contribution in [0.15, 0.2) is 0 Å². The molecule has 1 fully saturated rings. The van der Waals surface area contributed by atoms with Crippen LogP contribution in [0.25, 0.3) is 0 Å². The van der Waals surface area contributed by atoms with Gasteiger partial charge in [-0.15, -0.1) is 0 Å². The van der Waals surface area contributed by atoms with E-state index in [1.807, 2.05) is 13.8 Å². The molecule has 0 radical (unpaired) electrons. The summed E-state index contributed by atoms with van der Waals surface area (Å²) in [4.78, 5) is 23.1. The van der Waals surface area contributed by atoms with Crippen molar-refractivity contribution in [1.29, 1.82) is 0 Å². The first-order chi connectivity index (χ1) is 7.99. The quantitative estimate of drug-likeness (QED) is 0.664. The second-order valence-corrected chi connectivity index (χ2v) is 4.99. The maximum Gasteiger partial charge on any atom is 0.326 e. The maximum atomic E-state index is 12.1. The van der Waals surface area contributed by atoms with E-state index in [0.717, 1.165) is 25.8 Å². The highest BCUT2D eigenvalue weighted by Crippen LogP contribution is 2.25. The van der Waals surface area contributed by atoms with E-state index in [0.29, 0.717) is 13.0 Å². The Balaban J connectivity index is 2.59. The van der Waals surface area contributed by atoms with Crippen molar-refractivity contribution in [2.75, 3.05) is 13.1 Å². The molecule has 0 saturated carbocycles. The molecule has 98 valence electrons. The van der Waals surface area contributed by atoms with Crippen molar-refractivity contribution < 1.29 is 14.7 Å². The summed E-state index contributed by atoms with van der Waals surface area (Å²) >= 11 is 0. The van der Waals surface area contributed by atoms with Gasteiger partial charge < -0.3 is 15.7 Å². The fraction of sp³-hybridized carbons (Fsp3) is 0.833. The summed E-state index contributed by atoms with van der Waals surface area (Å²) in [7, 11) is 0. The molecule has 0 aromatic rings. The number of hydrogen-bond donors (Lipinski definition) is 3. The van der Waals surface area contributed by atoms with Crippen molar-refractivity contribution in [1.82, 2.24) is 10.6 Å². The minimum absolute atomic E-state index is 0.148. The Morgan fingerprint density at radius 1 is 1.53 bits per heavy atom. The van der Waals surface area contributed by atoms with E-state index in [-0.39, 0.29) is 5.91 Å². The van der Waals surface area contributed by atoms with Crippen molar-refractivity contribution in [3.8, 4) is 0 Å². The van der Waals surface area contributed by atoms with Crippen molar-refractivity contribution in [3.63, 3.8) is 0 Å². The summed E-state index contributed by atoms with van der Waals surface area (Å²) in [5.74, 6) is -1.10. The highest BCUT2D eigenvalue weighted by Gasteiger charge is 2.36. The monoisotopic (exact) mass is 242 g/mol. The van der Waals surface area contributed by atoms with Gasteiger partial charge in [-0.1, -0.05) is 13.3 Å². The van der Waals surface area contributed by atoms with Crippen LogP contribution in [0.1, 0.15) is 39.5 Å². The summed E-state index contributed by atoms with van der Waals surface area (Å²) in [6, 6.07) is -0.758. The minimum Gasteiger partial charge on any atom is -0.480 e. The van der Waals surface area contributed by atoms with Crippen molar-refractivity contribution in [2.45, 2.75) is 45.6 Å². The van der Waals surface area contributed by atoms with Crippen LogP contribution < -0.4 is 10.6 Å². The Hall–Kier alpha value is -1.10. The third-order valence-corrected chi connectivity index (χ3v) is 3.33. The Labute approximate surface area is 102 Å². The number of nitrogens with one attached hydrogen (secondary N) is 2. The fourth-order valence-corrected chi connectivity index (χ4v) is 2.13. The first-order valence-corrected chi connectivity index (χ1v) is 6.24. The Bertz CT molecular complexity index is 285. The van der Waals surface area contributed by atoms with Crippen LogP contribution in [-0.2, 0) is 9.59 Å². The first-order valence-electron chi connectivity index (χ1n) is 6.24. The zero-order valence-electron chi connectivity index (χ0n) is 10.6. The van der Waals surface area contributed by atoms with Crippen LogP contribution in [0, 0.1) is 5.41 Å². The Kier molecular flexibility index (Phi) is 4.93. The van der Waals surface area contributed by atoms with E-state index in [1.54, 1.807) is 0 Å². The summed E-state index contributed by atoms with van der Waals surface area (Å²) in [6.45, 7) is 5.35. The lowest BCUT2D eigenvalue weighted by molar-refractivity contribution is -0.144. The molecule has 1 amide bonds. The molecule has 1 aliphatic rings. The van der Waals surface area contributed by atoms with Crippen molar-refractivity contribution in [3.05, 3.63) is 0 Å². The number of carbonyl (C=O) groups is 2. The van der Waals surface area contributed by atoms with E-state index in [1.165, 1.54) is 0 Å². The van der Waals surface area contributed by atoms with E-state index >= 15 is 0 Å². The maximum absolute atomic E-state index is 12.1. The van der Waals surface area contributed by atoms with Crippen LogP contribution in [0.5, 0.6) is 0 Å². The Morgan fingerprint density at radius 3 is 2.71 bits per heavy atom. The zero-order chi connectivity index (χ0) is 12.9. The Morgan fingerprint density at radius 2 is 2.24 bits per heavy atom. The molecule has 0 spiro atoms. The number of hydrogen-bond acceptors (Lipinski definition) is 3. The van der Waals surface area contributed by atoms with Crippen LogP contribution in [0.4, 0.5) is 0 Å². The first kappa shape index (κ1) is 14.0. The molecule has 1 aliphatic heterocycles. The second-order valence-electron chi connectivity index (χ2n) is 4.99. The van der Waals surface area contributed by atoms with Gasteiger partial charge in [-0.2, -0.15) is 0 Å². The zero-order valence-corrected chi connectivity index (χ0v) is 10.6. The topological polar surface area (TPSA) is 78.4 Å². The van der Waals surface area contributed by atoms with E-state index in [4.69, 9.17) is 5.11 Å². The van der Waals surface area contributed by atoms with Gasteiger partial charge in [0.05, 0.1) is 5.41 Å². The molecule has 3 N–H and O–H groups in total. The number of piperidine rings is 1. The number of aliphatic carboxylic acids is 1. The van der Waals surface area contributed by atoms with Gasteiger partial charge in [0.2, 0.25) is 5.91 Å². The molecule has 0 aliphatic carbocycles. The van der Waals surface area contributed by atoms with Gasteiger partial charge in [0.25, 0.3) is 0 Å². The van der Waals surface area contributed by atoms with Gasteiger partial charge >= 0.3 is 5.97 Å². The summed E-state index contributed by atoms with van der Waals surface area (Å²) < 4.78 is 0. The lowest BCUT2D eigenvalue weighted by Crippen LogP contribution is -2.52. The molecule has 0 aromatic carbocycles. The largest absolute Gasteiger partial charge is 0.480 e. The summed E-state index contributed by atoms with van der Waals surface area (Å²) in [5.41, 5.74) is -0.473. The van der Waals surface area contributed by atoms with E-state index in [9.17, 15) is 9.59 Å². The SMILES string of the molecule is CCCC(NC(=O)C1(C)CCCNC1)C(=O)O. The number of rotatable bonds is 5. The highest BCUT2D eigenvalue weighted by atomic mass is 16.4. The molecule has 1 heterocycles. The minimum atomic E-state index is -0.951. The van der Waals surface area contributed by atoms with Gasteiger partial charge in [-0.25, -0.2) is 4.79 Å². The molecule has 2 atom stereocenters. The normalized spacial score (nSPS) is 26.2. The molecule has 5 heteroatoms. The number of carboxylic acids is 1. The number of carboxylic acid groups (broad SMARTS) is 1. The molecular weight excluding hydrogens is 220 g/mol.